The maximum Gasteiger partial charge on any atom is 0.295 e. The van der Waals surface area contributed by atoms with Gasteiger partial charge in [-0.25, -0.2) is 0 Å². The number of hydrogen-bond acceptors (Lipinski definition) is 6. The van der Waals surface area contributed by atoms with Crippen molar-refractivity contribution in [3.05, 3.63) is 94.0 Å². The summed E-state index contributed by atoms with van der Waals surface area (Å²) in [5, 5.41) is 21.9. The molecule has 3 aromatic rings. The fraction of sp³-hybridized carbons (Fsp3) is 0.185. The van der Waals surface area contributed by atoms with E-state index in [0.717, 1.165) is 5.56 Å². The second kappa shape index (κ2) is 9.35. The number of fused-ring (bicyclic) bond motifs is 1. The standard InChI is InChI=1S/C27H22ClNO6/c28-19-7-4-16(5-8-19)10-11-29-24(17-2-1-3-20(30)14-17)23(26(32)27(29)33)25(31)18-6-9-21-22(15-18)35-13-12-34-21/h1-9,14-15,24,30-31H,10-13H2/b25-23-. The molecule has 0 aliphatic carbocycles. The van der Waals surface area contributed by atoms with Crippen molar-refractivity contribution in [3.63, 3.8) is 0 Å². The van der Waals surface area contributed by atoms with Crippen molar-refractivity contribution < 1.29 is 29.3 Å². The van der Waals surface area contributed by atoms with E-state index in [1.165, 1.54) is 17.0 Å². The van der Waals surface area contributed by atoms with Gasteiger partial charge in [-0.05, 0) is 60.0 Å². The van der Waals surface area contributed by atoms with Crippen LogP contribution in [-0.4, -0.2) is 46.6 Å². The third kappa shape index (κ3) is 4.42. The summed E-state index contributed by atoms with van der Waals surface area (Å²) in [5.41, 5.74) is 1.74. The second-order valence-corrected chi connectivity index (χ2v) is 8.76. The van der Waals surface area contributed by atoms with Crippen LogP contribution in [0.4, 0.5) is 0 Å². The zero-order chi connectivity index (χ0) is 24.5. The average Bonchev–Trinajstić information content (AvgIpc) is 3.12. The van der Waals surface area contributed by atoms with E-state index in [2.05, 4.69) is 0 Å². The number of aromatic hydroxyl groups is 1. The first-order chi connectivity index (χ1) is 16.9. The van der Waals surface area contributed by atoms with Gasteiger partial charge < -0.3 is 24.6 Å². The van der Waals surface area contributed by atoms with Crippen molar-refractivity contribution in [1.29, 1.82) is 0 Å². The van der Waals surface area contributed by atoms with Crippen LogP contribution < -0.4 is 9.47 Å². The van der Waals surface area contributed by atoms with E-state index in [0.29, 0.717) is 47.3 Å². The molecule has 8 heteroatoms. The van der Waals surface area contributed by atoms with Crippen LogP contribution >= 0.6 is 11.6 Å². The first-order valence-corrected chi connectivity index (χ1v) is 11.5. The monoisotopic (exact) mass is 491 g/mol. The number of ketones is 1. The molecular weight excluding hydrogens is 470 g/mol. The lowest BCUT2D eigenvalue weighted by Gasteiger charge is -2.25. The van der Waals surface area contributed by atoms with Crippen LogP contribution in [0.5, 0.6) is 17.2 Å². The number of halogens is 1. The van der Waals surface area contributed by atoms with Gasteiger partial charge in [0.05, 0.1) is 11.6 Å². The van der Waals surface area contributed by atoms with Gasteiger partial charge in [0.25, 0.3) is 11.7 Å². The van der Waals surface area contributed by atoms with Crippen molar-refractivity contribution in [2.75, 3.05) is 19.8 Å². The highest BCUT2D eigenvalue weighted by Crippen LogP contribution is 2.41. The molecular formula is C27H22ClNO6. The Bertz CT molecular complexity index is 1330. The number of nitrogens with zero attached hydrogens (tertiary/aromatic N) is 1. The number of phenols is 1. The van der Waals surface area contributed by atoms with Crippen molar-refractivity contribution >= 4 is 29.1 Å². The average molecular weight is 492 g/mol. The van der Waals surface area contributed by atoms with Gasteiger partial charge in [0.15, 0.2) is 11.5 Å². The quantitative estimate of drug-likeness (QED) is 0.310. The molecule has 1 fully saturated rings. The Balaban J connectivity index is 1.56. The largest absolute Gasteiger partial charge is 0.508 e. The summed E-state index contributed by atoms with van der Waals surface area (Å²) in [5.74, 6) is -0.840. The second-order valence-electron chi connectivity index (χ2n) is 8.32. The molecule has 1 atom stereocenters. The van der Waals surface area contributed by atoms with E-state index in [1.807, 2.05) is 12.1 Å². The number of benzene rings is 3. The number of aliphatic hydroxyl groups excluding tert-OH is 1. The molecule has 3 aromatic carbocycles. The fourth-order valence-corrected chi connectivity index (χ4v) is 4.52. The molecule has 2 N–H and O–H groups in total. The highest BCUT2D eigenvalue weighted by atomic mass is 35.5. The van der Waals surface area contributed by atoms with E-state index in [4.69, 9.17) is 21.1 Å². The molecule has 5 rings (SSSR count). The maximum absolute atomic E-state index is 13.2. The molecule has 2 heterocycles. The van der Waals surface area contributed by atoms with Crippen molar-refractivity contribution in [1.82, 2.24) is 4.90 Å². The van der Waals surface area contributed by atoms with Gasteiger partial charge in [0, 0.05) is 17.1 Å². The number of ether oxygens (including phenoxy) is 2. The van der Waals surface area contributed by atoms with Crippen molar-refractivity contribution in [2.24, 2.45) is 0 Å². The lowest BCUT2D eigenvalue weighted by Crippen LogP contribution is -2.31. The molecule has 2 aliphatic heterocycles. The summed E-state index contributed by atoms with van der Waals surface area (Å²) in [6.45, 7) is 1.02. The van der Waals surface area contributed by atoms with Crippen LogP contribution in [0.2, 0.25) is 5.02 Å². The van der Waals surface area contributed by atoms with E-state index in [9.17, 15) is 19.8 Å². The number of Topliss-reactive ketones (excluding diaryl/α,β-unsaturated/α-hetero) is 1. The van der Waals surface area contributed by atoms with Crippen molar-refractivity contribution in [2.45, 2.75) is 12.5 Å². The number of amides is 1. The molecule has 35 heavy (non-hydrogen) atoms. The summed E-state index contributed by atoms with van der Waals surface area (Å²) < 4.78 is 11.1. The van der Waals surface area contributed by atoms with Gasteiger partial charge >= 0.3 is 0 Å². The van der Waals surface area contributed by atoms with Crippen molar-refractivity contribution in [3.8, 4) is 17.2 Å². The first-order valence-electron chi connectivity index (χ1n) is 11.1. The number of aliphatic hydroxyl groups is 1. The lowest BCUT2D eigenvalue weighted by molar-refractivity contribution is -0.139. The van der Waals surface area contributed by atoms with Gasteiger partial charge in [-0.3, -0.25) is 9.59 Å². The van der Waals surface area contributed by atoms with Crippen LogP contribution in [-0.2, 0) is 16.0 Å². The van der Waals surface area contributed by atoms with Gasteiger partial charge in [-0.15, -0.1) is 0 Å². The first kappa shape index (κ1) is 22.8. The van der Waals surface area contributed by atoms with E-state index < -0.39 is 17.7 Å². The molecule has 7 nitrogen and oxygen atoms in total. The SMILES string of the molecule is O=C1C(=O)N(CCc2ccc(Cl)cc2)C(c2cccc(O)c2)/C1=C(/O)c1ccc2c(c1)OCCO2. The Morgan fingerprint density at radius 2 is 1.71 bits per heavy atom. The minimum Gasteiger partial charge on any atom is -0.508 e. The summed E-state index contributed by atoms with van der Waals surface area (Å²) in [7, 11) is 0. The minimum atomic E-state index is -0.873. The summed E-state index contributed by atoms with van der Waals surface area (Å²) in [6, 6.07) is 17.6. The molecule has 0 aromatic heterocycles. The molecule has 1 unspecified atom stereocenters. The molecule has 2 aliphatic rings. The lowest BCUT2D eigenvalue weighted by atomic mass is 9.95. The predicted molar refractivity (Wildman–Crippen MR) is 130 cm³/mol. The molecule has 1 saturated heterocycles. The fourth-order valence-electron chi connectivity index (χ4n) is 4.40. The molecule has 0 bridgehead atoms. The van der Waals surface area contributed by atoms with Gasteiger partial charge in [-0.1, -0.05) is 35.9 Å². The molecule has 0 radical (unpaired) electrons. The van der Waals surface area contributed by atoms with Crippen LogP contribution in [0, 0.1) is 0 Å². The van der Waals surface area contributed by atoms with E-state index in [-0.39, 0.29) is 23.6 Å². The number of carbonyl (C=O) groups excluding carboxylic acids is 2. The molecule has 1 amide bonds. The highest BCUT2D eigenvalue weighted by molar-refractivity contribution is 6.46. The minimum absolute atomic E-state index is 0.00915. The zero-order valence-corrected chi connectivity index (χ0v) is 19.4. The normalized spacial score (nSPS) is 18.7. The van der Waals surface area contributed by atoms with Gasteiger partial charge in [-0.2, -0.15) is 0 Å². The van der Waals surface area contributed by atoms with Crippen LogP contribution in [0.25, 0.3) is 5.76 Å². The number of phenolic OH excluding ortho intramolecular Hbond substituents is 1. The van der Waals surface area contributed by atoms with E-state index in [1.54, 1.807) is 42.5 Å². The van der Waals surface area contributed by atoms with Gasteiger partial charge in [0.1, 0.15) is 24.7 Å². The number of rotatable bonds is 5. The third-order valence-corrected chi connectivity index (χ3v) is 6.35. The Labute approximate surface area is 206 Å². The van der Waals surface area contributed by atoms with Crippen LogP contribution in [0.1, 0.15) is 22.7 Å². The Kier molecular flexibility index (Phi) is 6.09. The predicted octanol–water partition coefficient (Wildman–Crippen LogP) is 4.48. The zero-order valence-electron chi connectivity index (χ0n) is 18.6. The summed E-state index contributed by atoms with van der Waals surface area (Å²) >= 11 is 5.97. The molecule has 0 spiro atoms. The Morgan fingerprint density at radius 1 is 0.971 bits per heavy atom. The Morgan fingerprint density at radius 3 is 2.46 bits per heavy atom. The maximum atomic E-state index is 13.2. The third-order valence-electron chi connectivity index (χ3n) is 6.10. The van der Waals surface area contributed by atoms with E-state index >= 15 is 0 Å². The summed E-state index contributed by atoms with van der Waals surface area (Å²) in [4.78, 5) is 27.8. The Hall–Kier alpha value is -3.97. The topological polar surface area (TPSA) is 96.3 Å². The highest BCUT2D eigenvalue weighted by Gasteiger charge is 2.46. The summed E-state index contributed by atoms with van der Waals surface area (Å²) in [6.07, 6.45) is 0.476. The van der Waals surface area contributed by atoms with Gasteiger partial charge in [0.2, 0.25) is 0 Å². The smallest absolute Gasteiger partial charge is 0.295 e. The van der Waals surface area contributed by atoms with Crippen LogP contribution in [0.15, 0.2) is 72.3 Å². The number of hydrogen-bond donors (Lipinski definition) is 2. The number of likely N-dealkylation sites (tertiary alicyclic amines) is 1. The number of carbonyl (C=O) groups is 2. The molecule has 178 valence electrons. The van der Waals surface area contributed by atoms with Crippen LogP contribution in [0.3, 0.4) is 0 Å². The molecule has 0 saturated carbocycles.